The molecule has 0 aromatic heterocycles. The van der Waals surface area contributed by atoms with E-state index in [1.165, 1.54) is 5.01 Å². The third-order valence-electron chi connectivity index (χ3n) is 2.09. The molecule has 1 aliphatic rings. The molecule has 0 spiro atoms. The van der Waals surface area contributed by atoms with Gasteiger partial charge in [0.1, 0.15) is 0 Å². The number of carbonyl (C=O) groups excluding carboxylic acids is 1. The molecule has 14 heavy (non-hydrogen) atoms. The van der Waals surface area contributed by atoms with E-state index >= 15 is 0 Å². The first-order valence-electron chi connectivity index (χ1n) is 4.30. The highest BCUT2D eigenvalue weighted by atomic mass is 79.9. The average molecular weight is 253 g/mol. The van der Waals surface area contributed by atoms with Crippen molar-refractivity contribution in [1.29, 1.82) is 0 Å². The van der Waals surface area contributed by atoms with Crippen LogP contribution in [0.3, 0.4) is 0 Å². The average Bonchev–Trinajstić information content (AvgIpc) is 2.52. The lowest BCUT2D eigenvalue weighted by Crippen LogP contribution is -2.20. The van der Waals surface area contributed by atoms with Gasteiger partial charge < -0.3 is 0 Å². The molecule has 2 rings (SSSR count). The Bertz CT molecular complexity index is 415. The van der Waals surface area contributed by atoms with Gasteiger partial charge in [-0.15, -0.1) is 0 Å². The first-order chi connectivity index (χ1) is 6.68. The summed E-state index contributed by atoms with van der Waals surface area (Å²) in [5.41, 5.74) is 1.89. The van der Waals surface area contributed by atoms with Gasteiger partial charge in [-0.1, -0.05) is 15.9 Å². The summed E-state index contributed by atoms with van der Waals surface area (Å²) in [7, 11) is 0. The van der Waals surface area contributed by atoms with Crippen LogP contribution < -0.4 is 5.01 Å². The van der Waals surface area contributed by atoms with Crippen molar-refractivity contribution < 1.29 is 4.79 Å². The van der Waals surface area contributed by atoms with E-state index in [9.17, 15) is 4.79 Å². The molecule has 0 aliphatic carbocycles. The molecule has 0 atom stereocenters. The Hall–Kier alpha value is -1.16. The van der Waals surface area contributed by atoms with Crippen LogP contribution in [0.15, 0.2) is 27.8 Å². The van der Waals surface area contributed by atoms with Crippen molar-refractivity contribution >= 4 is 33.7 Å². The van der Waals surface area contributed by atoms with Crippen LogP contribution >= 0.6 is 15.9 Å². The maximum Gasteiger partial charge on any atom is 0.252 e. The summed E-state index contributed by atoms with van der Waals surface area (Å²) in [6.45, 7) is 1.96. The first kappa shape index (κ1) is 9.40. The Balaban J connectivity index is 2.41. The van der Waals surface area contributed by atoms with Crippen LogP contribution in [0.2, 0.25) is 0 Å². The van der Waals surface area contributed by atoms with E-state index in [-0.39, 0.29) is 5.91 Å². The van der Waals surface area contributed by atoms with E-state index < -0.39 is 0 Å². The van der Waals surface area contributed by atoms with Crippen molar-refractivity contribution in [2.24, 2.45) is 5.10 Å². The second-order valence-electron chi connectivity index (χ2n) is 3.14. The molecule has 4 heteroatoms. The molecule has 0 radical (unpaired) electrons. The van der Waals surface area contributed by atoms with Gasteiger partial charge in [0.15, 0.2) is 0 Å². The fraction of sp³-hybridized carbons (Fsp3) is 0.200. The van der Waals surface area contributed by atoms with Crippen molar-refractivity contribution in [2.75, 3.05) is 5.01 Å². The zero-order valence-corrected chi connectivity index (χ0v) is 9.28. The fourth-order valence-corrected chi connectivity index (χ4v) is 1.88. The van der Waals surface area contributed by atoms with Crippen LogP contribution in [0.4, 0.5) is 5.69 Å². The number of benzene rings is 1. The third kappa shape index (κ3) is 1.57. The number of nitrogens with zero attached hydrogens (tertiary/aromatic N) is 2. The first-order valence-corrected chi connectivity index (χ1v) is 5.09. The number of hydrazone groups is 1. The number of hydrogen-bond acceptors (Lipinski definition) is 2. The van der Waals surface area contributed by atoms with Crippen molar-refractivity contribution in [2.45, 2.75) is 13.3 Å². The van der Waals surface area contributed by atoms with E-state index in [0.717, 1.165) is 15.7 Å². The number of anilines is 1. The molecule has 0 N–H and O–H groups in total. The minimum atomic E-state index is 0.0235. The summed E-state index contributed by atoms with van der Waals surface area (Å²) in [4.78, 5) is 11.4. The van der Waals surface area contributed by atoms with Crippen LogP contribution in [0, 0.1) is 6.92 Å². The molecule has 0 saturated heterocycles. The van der Waals surface area contributed by atoms with Gasteiger partial charge in [0.2, 0.25) is 0 Å². The molecule has 3 nitrogen and oxygen atoms in total. The van der Waals surface area contributed by atoms with Gasteiger partial charge in [-0.25, -0.2) is 5.01 Å². The smallest absolute Gasteiger partial charge is 0.252 e. The number of aryl methyl sites for hydroxylation is 1. The van der Waals surface area contributed by atoms with Gasteiger partial charge in [-0.05, 0) is 30.7 Å². The largest absolute Gasteiger partial charge is 0.272 e. The molecule has 1 aromatic carbocycles. The Morgan fingerprint density at radius 3 is 2.86 bits per heavy atom. The second-order valence-corrected chi connectivity index (χ2v) is 4.05. The fourth-order valence-electron chi connectivity index (χ4n) is 1.40. The molecule has 0 unspecified atom stereocenters. The van der Waals surface area contributed by atoms with Gasteiger partial charge in [-0.3, -0.25) is 4.79 Å². The van der Waals surface area contributed by atoms with Crippen molar-refractivity contribution in [1.82, 2.24) is 0 Å². The molecule has 0 fully saturated rings. The van der Waals surface area contributed by atoms with Crippen LogP contribution in [-0.2, 0) is 4.79 Å². The molecule has 1 aliphatic heterocycles. The molecular formula is C10H9BrN2O. The lowest BCUT2D eigenvalue weighted by atomic mass is 10.2. The number of hydrogen-bond donors (Lipinski definition) is 0. The topological polar surface area (TPSA) is 32.7 Å². The Labute approximate surface area is 90.5 Å². The minimum absolute atomic E-state index is 0.0235. The predicted octanol–water partition coefficient (Wildman–Crippen LogP) is 2.48. The summed E-state index contributed by atoms with van der Waals surface area (Å²) >= 11 is 3.38. The Kier molecular flexibility index (Phi) is 2.37. The quantitative estimate of drug-likeness (QED) is 0.756. The monoisotopic (exact) mass is 252 g/mol. The van der Waals surface area contributed by atoms with Crippen LogP contribution in [0.1, 0.15) is 12.0 Å². The van der Waals surface area contributed by atoms with Gasteiger partial charge >= 0.3 is 0 Å². The summed E-state index contributed by atoms with van der Waals surface area (Å²) < 4.78 is 1.01. The maximum atomic E-state index is 11.4. The summed E-state index contributed by atoms with van der Waals surface area (Å²) in [5.74, 6) is 0.0235. The predicted molar refractivity (Wildman–Crippen MR) is 59.5 cm³/mol. The molecule has 1 amide bonds. The van der Waals surface area contributed by atoms with Crippen molar-refractivity contribution in [3.05, 3.63) is 28.2 Å². The molecule has 1 aromatic rings. The number of rotatable bonds is 1. The van der Waals surface area contributed by atoms with Crippen molar-refractivity contribution in [3.8, 4) is 0 Å². The minimum Gasteiger partial charge on any atom is -0.272 e. The van der Waals surface area contributed by atoms with Gasteiger partial charge in [-0.2, -0.15) is 5.10 Å². The lowest BCUT2D eigenvalue weighted by Gasteiger charge is -2.14. The van der Waals surface area contributed by atoms with E-state index in [1.54, 1.807) is 6.21 Å². The van der Waals surface area contributed by atoms with Gasteiger partial charge in [0, 0.05) is 10.7 Å². The highest BCUT2D eigenvalue weighted by molar-refractivity contribution is 9.10. The Morgan fingerprint density at radius 1 is 1.50 bits per heavy atom. The number of carbonyl (C=O) groups is 1. The SMILES string of the molecule is Cc1cc(Br)ccc1N1N=CCC1=O. The molecule has 72 valence electrons. The third-order valence-corrected chi connectivity index (χ3v) is 2.58. The highest BCUT2D eigenvalue weighted by Crippen LogP contribution is 2.25. The standard InChI is InChI=1S/C10H9BrN2O/c1-7-6-8(11)2-3-9(7)13-10(14)4-5-12-13/h2-3,5-6H,4H2,1H3. The van der Waals surface area contributed by atoms with E-state index in [4.69, 9.17) is 0 Å². The molecule has 0 bridgehead atoms. The number of halogens is 1. The zero-order chi connectivity index (χ0) is 10.1. The molecule has 0 saturated carbocycles. The molecular weight excluding hydrogens is 244 g/mol. The van der Waals surface area contributed by atoms with Crippen LogP contribution in [0.5, 0.6) is 0 Å². The van der Waals surface area contributed by atoms with Crippen molar-refractivity contribution in [3.63, 3.8) is 0 Å². The van der Waals surface area contributed by atoms with Crippen LogP contribution in [0.25, 0.3) is 0 Å². The van der Waals surface area contributed by atoms with Gasteiger partial charge in [0.25, 0.3) is 5.91 Å². The maximum absolute atomic E-state index is 11.4. The van der Waals surface area contributed by atoms with Crippen LogP contribution in [-0.4, -0.2) is 12.1 Å². The highest BCUT2D eigenvalue weighted by Gasteiger charge is 2.19. The lowest BCUT2D eigenvalue weighted by molar-refractivity contribution is -0.116. The normalized spacial score (nSPS) is 15.3. The summed E-state index contributed by atoms with van der Waals surface area (Å²) in [5, 5.41) is 5.47. The molecule has 1 heterocycles. The van der Waals surface area contributed by atoms with E-state index in [0.29, 0.717) is 6.42 Å². The van der Waals surface area contributed by atoms with E-state index in [2.05, 4.69) is 21.0 Å². The summed E-state index contributed by atoms with van der Waals surface area (Å²) in [6.07, 6.45) is 2.03. The zero-order valence-electron chi connectivity index (χ0n) is 7.70. The Morgan fingerprint density at radius 2 is 2.29 bits per heavy atom. The van der Waals surface area contributed by atoms with Gasteiger partial charge in [0.05, 0.1) is 12.1 Å². The second kappa shape index (κ2) is 3.53. The number of amides is 1. The van der Waals surface area contributed by atoms with E-state index in [1.807, 2.05) is 25.1 Å². The summed E-state index contributed by atoms with van der Waals surface area (Å²) in [6, 6.07) is 5.76.